The number of nitrogens with one attached hydrogen (secondary N) is 2. The van der Waals surface area contributed by atoms with Crippen LogP contribution in [-0.4, -0.2) is 42.0 Å². The molecule has 0 aliphatic carbocycles. The van der Waals surface area contributed by atoms with Gasteiger partial charge >= 0.3 is 0 Å². The average molecular weight is 617 g/mol. The number of hydrogen-bond acceptors (Lipinski definition) is 4. The molecule has 4 atom stereocenters. The van der Waals surface area contributed by atoms with Crippen LogP contribution < -0.4 is 15.2 Å². The summed E-state index contributed by atoms with van der Waals surface area (Å²) < 4.78 is 3.37. The van der Waals surface area contributed by atoms with Crippen LogP contribution in [0.1, 0.15) is 45.0 Å². The van der Waals surface area contributed by atoms with E-state index in [9.17, 15) is 0 Å². The molecular formula is C41H40N6+2. The normalized spacial score (nSPS) is 25.8. The van der Waals surface area contributed by atoms with Crippen molar-refractivity contribution in [2.45, 2.75) is 45.4 Å². The van der Waals surface area contributed by atoms with Crippen molar-refractivity contribution in [3.05, 3.63) is 141 Å². The number of aryl methyl sites for hydroxylation is 1. The molecule has 3 aromatic rings. The fraction of sp³-hybridized carbons (Fsp3) is 0.268. The molecule has 6 aliphatic rings. The lowest BCUT2D eigenvalue weighted by Gasteiger charge is -2.45. The summed E-state index contributed by atoms with van der Waals surface area (Å²) in [5, 5.41) is 6.83. The first-order valence-electron chi connectivity index (χ1n) is 16.9. The van der Waals surface area contributed by atoms with Crippen molar-refractivity contribution in [2.24, 2.45) is 10.9 Å². The van der Waals surface area contributed by atoms with Crippen LogP contribution >= 0.6 is 0 Å². The van der Waals surface area contributed by atoms with Gasteiger partial charge in [0.2, 0.25) is 5.69 Å². The van der Waals surface area contributed by atoms with Gasteiger partial charge in [-0.3, -0.25) is 9.48 Å². The summed E-state index contributed by atoms with van der Waals surface area (Å²) >= 11 is 0. The number of nitrogens with zero attached hydrogens (tertiary/aromatic N) is 4. The van der Waals surface area contributed by atoms with Crippen molar-refractivity contribution in [3.63, 3.8) is 0 Å². The highest BCUT2D eigenvalue weighted by molar-refractivity contribution is 5.83. The van der Waals surface area contributed by atoms with E-state index < -0.39 is 0 Å². The van der Waals surface area contributed by atoms with Gasteiger partial charge in [0.15, 0.2) is 12.7 Å². The maximum Gasteiger partial charge on any atom is 0.213 e. The van der Waals surface area contributed by atoms with Crippen LogP contribution in [-0.2, 0) is 19.4 Å². The summed E-state index contributed by atoms with van der Waals surface area (Å²) in [5.74, 6) is 1.24. The number of quaternary nitrogens is 1. The number of aliphatic imine (C=N–C) groups is 1. The lowest BCUT2D eigenvalue weighted by atomic mass is 9.76. The number of anilines is 1. The Balaban J connectivity index is 1.14. The minimum absolute atomic E-state index is 0.120. The summed E-state index contributed by atoms with van der Waals surface area (Å²) in [6.45, 7) is 7.57. The van der Waals surface area contributed by atoms with Gasteiger partial charge in [-0.05, 0) is 89.2 Å². The van der Waals surface area contributed by atoms with E-state index in [4.69, 9.17) is 0 Å². The van der Waals surface area contributed by atoms with Gasteiger partial charge in [-0.25, -0.2) is 4.98 Å². The van der Waals surface area contributed by atoms with Crippen molar-refractivity contribution in [1.29, 1.82) is 0 Å². The standard InChI is InChI=1S/C41H40N6/c1-26-27(2)33-15-21-47(3)20-14-29(9-11-31-25-45-41-35(31)7-5-17-43-41)23-37(47)39(33)38-32(26)13-19-46-18-12-28(22-36(38)46)8-10-30-24-44-40-34(30)6-4-16-42-40/h4-9,11-12,14,16-18,20,22-23,25,35,37,41,45H,13,15,19,21,24H2,1-3H3,(H,42,44)/q+2. The SMILES string of the molecule is Cc1c(C)c2c(c3c1CC[n+]1ccc(C=C=C4CNc5ncccc54)cc1-3)C1C=C(C=CC3=CNC4N=CC=CC34)C=C[N+]1(C)CC2. The maximum absolute atomic E-state index is 4.59. The Bertz CT molecular complexity index is 2120. The second-order valence-corrected chi connectivity index (χ2v) is 13.9. The van der Waals surface area contributed by atoms with Crippen LogP contribution in [0.15, 0.2) is 107 Å². The average Bonchev–Trinajstić information content (AvgIpc) is 3.72. The Morgan fingerprint density at radius 2 is 2.02 bits per heavy atom. The molecule has 4 unspecified atom stereocenters. The van der Waals surface area contributed by atoms with Gasteiger partial charge in [0.05, 0.1) is 25.4 Å². The molecule has 0 radical (unpaired) electrons. The molecule has 0 spiro atoms. The number of fused-ring (bicyclic) bond motifs is 9. The van der Waals surface area contributed by atoms with Crippen LogP contribution in [0.2, 0.25) is 0 Å². The summed E-state index contributed by atoms with van der Waals surface area (Å²) in [6, 6.07) is 9.00. The number of aromatic nitrogens is 2. The second kappa shape index (κ2) is 10.8. The molecule has 0 saturated heterocycles. The Hall–Kier alpha value is -5.03. The first-order chi connectivity index (χ1) is 23.0. The molecule has 2 N–H and O–H groups in total. The fourth-order valence-electron chi connectivity index (χ4n) is 8.44. The van der Waals surface area contributed by atoms with Crippen molar-refractivity contribution < 1.29 is 9.05 Å². The lowest BCUT2D eigenvalue weighted by Crippen LogP contribution is -2.49. The van der Waals surface area contributed by atoms with Crippen molar-refractivity contribution in [3.8, 4) is 11.3 Å². The fourth-order valence-corrected chi connectivity index (χ4v) is 8.44. The molecule has 0 saturated carbocycles. The molecule has 1 aromatic carbocycles. The summed E-state index contributed by atoms with van der Waals surface area (Å²) in [4.78, 5) is 9.07. The molecule has 0 bridgehead atoms. The van der Waals surface area contributed by atoms with Crippen LogP contribution in [0.25, 0.3) is 22.9 Å². The van der Waals surface area contributed by atoms with Crippen molar-refractivity contribution >= 4 is 23.7 Å². The van der Waals surface area contributed by atoms with Crippen molar-refractivity contribution in [1.82, 2.24) is 10.3 Å². The number of rotatable bonds is 3. The summed E-state index contributed by atoms with van der Waals surface area (Å²) in [6.07, 6.45) is 28.7. The molecule has 8 heterocycles. The Kier molecular flexibility index (Phi) is 6.46. The number of benzene rings is 1. The third-order valence-electron chi connectivity index (χ3n) is 11.3. The quantitative estimate of drug-likeness (QED) is 0.202. The highest BCUT2D eigenvalue weighted by atomic mass is 15.3. The molecule has 0 fully saturated rings. The number of hydrogen-bond donors (Lipinski definition) is 2. The molecule has 0 amide bonds. The van der Waals surface area contributed by atoms with Crippen molar-refractivity contribution in [2.75, 3.05) is 25.5 Å². The van der Waals surface area contributed by atoms with Gasteiger partial charge in [0.1, 0.15) is 18.0 Å². The van der Waals surface area contributed by atoms with Gasteiger partial charge < -0.3 is 10.6 Å². The van der Waals surface area contributed by atoms with E-state index in [1.807, 2.05) is 18.5 Å². The Morgan fingerprint density at radius 3 is 2.96 bits per heavy atom. The number of likely N-dealkylation sites (N-methyl/N-ethyl adjacent to an activating group) is 1. The summed E-state index contributed by atoms with van der Waals surface area (Å²) in [7, 11) is 2.41. The van der Waals surface area contributed by atoms with E-state index in [0.29, 0.717) is 5.92 Å². The highest BCUT2D eigenvalue weighted by Gasteiger charge is 2.44. The highest BCUT2D eigenvalue weighted by Crippen LogP contribution is 2.48. The zero-order valence-electron chi connectivity index (χ0n) is 27.3. The van der Waals surface area contributed by atoms with Gasteiger partial charge in [0, 0.05) is 72.7 Å². The molecule has 6 heteroatoms. The second-order valence-electron chi connectivity index (χ2n) is 13.9. The predicted octanol–water partition coefficient (Wildman–Crippen LogP) is 6.45. The number of pyridine rings is 2. The van der Waals surface area contributed by atoms with E-state index >= 15 is 0 Å². The lowest BCUT2D eigenvalue weighted by molar-refractivity contribution is -0.887. The predicted molar refractivity (Wildman–Crippen MR) is 189 cm³/mol. The number of dihydropyridines is 1. The van der Waals surface area contributed by atoms with Crippen LogP contribution in [0.4, 0.5) is 5.82 Å². The van der Waals surface area contributed by atoms with Gasteiger partial charge in [-0.15, -0.1) is 5.73 Å². The van der Waals surface area contributed by atoms with E-state index in [1.165, 1.54) is 50.2 Å². The largest absolute Gasteiger partial charge is 0.369 e. The first kappa shape index (κ1) is 28.2. The summed E-state index contributed by atoms with van der Waals surface area (Å²) in [5.41, 5.74) is 19.9. The minimum atomic E-state index is 0.120. The minimum Gasteiger partial charge on any atom is -0.369 e. The van der Waals surface area contributed by atoms with Gasteiger partial charge in [-0.2, -0.15) is 4.57 Å². The molecule has 6 aliphatic heterocycles. The zero-order chi connectivity index (χ0) is 31.7. The molecule has 9 rings (SSSR count). The Labute approximate surface area is 276 Å². The third kappa shape index (κ3) is 4.55. The molecule has 232 valence electrons. The monoisotopic (exact) mass is 616 g/mol. The Morgan fingerprint density at radius 1 is 1.11 bits per heavy atom. The molecular weight excluding hydrogens is 576 g/mol. The zero-order valence-corrected chi connectivity index (χ0v) is 27.3. The van der Waals surface area contributed by atoms with Crippen LogP contribution in [0, 0.1) is 19.8 Å². The topological polar surface area (TPSA) is 53.2 Å². The maximum atomic E-state index is 4.59. The van der Waals surface area contributed by atoms with Crippen LogP contribution in [0.5, 0.6) is 0 Å². The van der Waals surface area contributed by atoms with E-state index in [0.717, 1.165) is 53.9 Å². The smallest absolute Gasteiger partial charge is 0.213 e. The van der Waals surface area contributed by atoms with Crippen LogP contribution in [0.3, 0.4) is 0 Å². The first-order valence-corrected chi connectivity index (χ1v) is 16.9. The molecule has 6 nitrogen and oxygen atoms in total. The third-order valence-corrected chi connectivity index (χ3v) is 11.3. The number of allylic oxidation sites excluding steroid dienone is 5. The molecule has 47 heavy (non-hydrogen) atoms. The van der Waals surface area contributed by atoms with E-state index in [2.05, 4.69) is 131 Å². The van der Waals surface area contributed by atoms with Gasteiger partial charge in [-0.1, -0.05) is 18.2 Å². The van der Waals surface area contributed by atoms with Gasteiger partial charge in [0.25, 0.3) is 0 Å². The van der Waals surface area contributed by atoms with E-state index in [-0.39, 0.29) is 12.2 Å². The van der Waals surface area contributed by atoms with E-state index in [1.54, 1.807) is 5.56 Å². The molecule has 2 aromatic heterocycles.